The first-order valence-electron chi connectivity index (χ1n) is 8.53. The van der Waals surface area contributed by atoms with Crippen molar-refractivity contribution in [1.29, 1.82) is 0 Å². The maximum absolute atomic E-state index is 12.7. The highest BCUT2D eigenvalue weighted by atomic mass is 35.5. The number of nitrogens with zero attached hydrogens (tertiary/aromatic N) is 2. The van der Waals surface area contributed by atoms with E-state index >= 15 is 0 Å². The van der Waals surface area contributed by atoms with E-state index in [4.69, 9.17) is 28.3 Å². The maximum Gasteiger partial charge on any atom is 0.317 e. The van der Waals surface area contributed by atoms with Crippen molar-refractivity contribution in [1.82, 2.24) is 9.80 Å². The second-order valence-electron chi connectivity index (χ2n) is 6.96. The second-order valence-corrected chi connectivity index (χ2v) is 7.74. The minimum Gasteiger partial charge on any atom is -0.480 e. The largest absolute Gasteiger partial charge is 0.480 e. The van der Waals surface area contributed by atoms with E-state index in [9.17, 15) is 9.59 Å². The van der Waals surface area contributed by atoms with Crippen molar-refractivity contribution in [3.63, 3.8) is 0 Å². The number of piperidine rings is 1. The molecule has 7 heteroatoms. The predicted octanol–water partition coefficient (Wildman–Crippen LogP) is 3.10. The number of likely N-dealkylation sites (N-methyl/N-ethyl adjacent to an activating group) is 1. The summed E-state index contributed by atoms with van der Waals surface area (Å²) in [6.45, 7) is 1.40. The Morgan fingerprint density at radius 1 is 1.28 bits per heavy atom. The maximum atomic E-state index is 12.7. The van der Waals surface area contributed by atoms with E-state index in [1.807, 2.05) is 29.0 Å². The minimum absolute atomic E-state index is 0.00994. The quantitative estimate of drug-likeness (QED) is 0.846. The van der Waals surface area contributed by atoms with E-state index in [0.29, 0.717) is 23.1 Å². The van der Waals surface area contributed by atoms with Crippen LogP contribution in [0.25, 0.3) is 0 Å². The van der Waals surface area contributed by atoms with Gasteiger partial charge in [0, 0.05) is 25.0 Å². The summed E-state index contributed by atoms with van der Waals surface area (Å²) in [5, 5.41) is 9.97. The highest BCUT2D eigenvalue weighted by Crippen LogP contribution is 2.51. The summed E-state index contributed by atoms with van der Waals surface area (Å²) in [7, 11) is 1.83. The van der Waals surface area contributed by atoms with Gasteiger partial charge >= 0.3 is 5.97 Å². The number of carboxylic acids is 1. The summed E-state index contributed by atoms with van der Waals surface area (Å²) in [4.78, 5) is 27.3. The zero-order chi connectivity index (χ0) is 18.1. The zero-order valence-corrected chi connectivity index (χ0v) is 15.6. The number of benzene rings is 1. The highest BCUT2D eigenvalue weighted by molar-refractivity contribution is 6.42. The number of amides is 1. The predicted molar refractivity (Wildman–Crippen MR) is 97.2 cm³/mol. The number of rotatable bonds is 5. The molecule has 1 N–H and O–H groups in total. The minimum atomic E-state index is -0.819. The number of hydrogen-bond acceptors (Lipinski definition) is 3. The van der Waals surface area contributed by atoms with Crippen LogP contribution < -0.4 is 0 Å². The second kappa shape index (κ2) is 7.52. The van der Waals surface area contributed by atoms with Gasteiger partial charge in [0.05, 0.1) is 16.6 Å². The van der Waals surface area contributed by atoms with Crippen molar-refractivity contribution in [2.75, 3.05) is 26.7 Å². The van der Waals surface area contributed by atoms with Crippen molar-refractivity contribution >= 4 is 35.1 Å². The smallest absolute Gasteiger partial charge is 0.317 e. The fourth-order valence-electron chi connectivity index (χ4n) is 3.72. The van der Waals surface area contributed by atoms with Crippen molar-refractivity contribution in [3.05, 3.63) is 33.8 Å². The molecule has 2 fully saturated rings. The summed E-state index contributed by atoms with van der Waals surface area (Å²) >= 11 is 12.3. The zero-order valence-electron chi connectivity index (χ0n) is 14.1. The Morgan fingerprint density at radius 3 is 2.60 bits per heavy atom. The standard InChI is InChI=1S/C18H22Cl2N2O3/c1-21(10-16(23)24)11-5-7-22(8-6-11)18(25)14-9-13(14)12-3-2-4-15(19)17(12)20/h2-4,11,13-14H,5-10H2,1H3,(H,23,24)/t13-,14+/m1/s1. The average molecular weight is 385 g/mol. The Hall–Kier alpha value is -1.30. The Bertz CT molecular complexity index is 674. The van der Waals surface area contributed by atoms with E-state index in [2.05, 4.69) is 0 Å². The van der Waals surface area contributed by atoms with Gasteiger partial charge in [-0.3, -0.25) is 14.5 Å². The summed E-state index contributed by atoms with van der Waals surface area (Å²) in [5.41, 5.74) is 0.962. The Kier molecular flexibility index (Phi) is 5.56. The van der Waals surface area contributed by atoms with E-state index in [1.54, 1.807) is 6.07 Å². The number of carbonyl (C=O) groups is 2. The van der Waals surface area contributed by atoms with Crippen LogP contribution in [0.2, 0.25) is 10.0 Å². The van der Waals surface area contributed by atoms with Crippen molar-refractivity contribution in [3.8, 4) is 0 Å². The van der Waals surface area contributed by atoms with Crippen LogP contribution in [0, 0.1) is 5.92 Å². The third-order valence-electron chi connectivity index (χ3n) is 5.27. The Labute approximate surface area is 157 Å². The molecular weight excluding hydrogens is 363 g/mol. The number of aliphatic carboxylic acids is 1. The van der Waals surface area contributed by atoms with Crippen molar-refractivity contribution in [2.24, 2.45) is 5.92 Å². The lowest BCUT2D eigenvalue weighted by atomic mass is 10.0. The molecule has 136 valence electrons. The third-order valence-corrected chi connectivity index (χ3v) is 6.11. The molecule has 3 rings (SSSR count). The van der Waals surface area contributed by atoms with Gasteiger partial charge in [0.2, 0.25) is 5.91 Å². The summed E-state index contributed by atoms with van der Waals surface area (Å²) in [6.07, 6.45) is 2.44. The molecular formula is C18H22Cl2N2O3. The van der Waals surface area contributed by atoms with Crippen LogP contribution in [0.3, 0.4) is 0 Å². The molecule has 25 heavy (non-hydrogen) atoms. The molecule has 2 aliphatic rings. The average Bonchev–Trinajstić information content (AvgIpc) is 3.36. The normalized spacial score (nSPS) is 23.8. The molecule has 0 unspecified atom stereocenters. The monoisotopic (exact) mass is 384 g/mol. The Balaban J connectivity index is 1.54. The molecule has 0 radical (unpaired) electrons. The third kappa shape index (κ3) is 4.10. The number of carboxylic acid groups (broad SMARTS) is 1. The molecule has 1 saturated heterocycles. The molecule has 0 bridgehead atoms. The highest BCUT2D eigenvalue weighted by Gasteiger charge is 2.47. The molecule has 1 amide bonds. The van der Waals surface area contributed by atoms with Crippen LogP contribution in [0.5, 0.6) is 0 Å². The fraction of sp³-hybridized carbons (Fsp3) is 0.556. The number of halogens is 2. The summed E-state index contributed by atoms with van der Waals surface area (Å²) in [6, 6.07) is 5.79. The molecule has 5 nitrogen and oxygen atoms in total. The summed E-state index contributed by atoms with van der Waals surface area (Å²) in [5.74, 6) is -0.490. The first-order chi connectivity index (χ1) is 11.9. The van der Waals surface area contributed by atoms with Crippen LogP contribution in [-0.4, -0.2) is 59.5 Å². The molecule has 1 saturated carbocycles. The van der Waals surface area contributed by atoms with Gasteiger partial charge < -0.3 is 10.0 Å². The van der Waals surface area contributed by atoms with Gasteiger partial charge in [-0.2, -0.15) is 0 Å². The van der Waals surface area contributed by atoms with Crippen LogP contribution in [-0.2, 0) is 9.59 Å². The van der Waals surface area contributed by atoms with Gasteiger partial charge in [-0.1, -0.05) is 35.3 Å². The van der Waals surface area contributed by atoms with Crippen LogP contribution in [0.4, 0.5) is 0 Å². The molecule has 1 aromatic carbocycles. The molecule has 0 spiro atoms. The molecule has 0 aromatic heterocycles. The van der Waals surface area contributed by atoms with Crippen LogP contribution >= 0.6 is 23.2 Å². The SMILES string of the molecule is CN(CC(=O)O)C1CCN(C(=O)[C@H]2C[C@@H]2c2cccc(Cl)c2Cl)CC1. The van der Waals surface area contributed by atoms with Gasteiger partial charge in [0.1, 0.15) is 0 Å². The molecule has 2 atom stereocenters. The topological polar surface area (TPSA) is 60.9 Å². The van der Waals surface area contributed by atoms with Gasteiger partial charge in [-0.15, -0.1) is 0 Å². The lowest BCUT2D eigenvalue weighted by Crippen LogP contribution is -2.47. The van der Waals surface area contributed by atoms with E-state index in [0.717, 1.165) is 24.8 Å². The fourth-order valence-corrected chi connectivity index (χ4v) is 4.17. The molecule has 1 aliphatic carbocycles. The Morgan fingerprint density at radius 2 is 1.96 bits per heavy atom. The van der Waals surface area contributed by atoms with Gasteiger partial charge in [0.25, 0.3) is 0 Å². The van der Waals surface area contributed by atoms with E-state index in [1.165, 1.54) is 0 Å². The van der Waals surface area contributed by atoms with Gasteiger partial charge in [-0.25, -0.2) is 0 Å². The van der Waals surface area contributed by atoms with Crippen LogP contribution in [0.1, 0.15) is 30.7 Å². The lowest BCUT2D eigenvalue weighted by Gasteiger charge is -2.36. The van der Waals surface area contributed by atoms with Crippen molar-refractivity contribution < 1.29 is 14.7 Å². The molecule has 1 aliphatic heterocycles. The lowest BCUT2D eigenvalue weighted by molar-refractivity contribution is -0.140. The van der Waals surface area contributed by atoms with E-state index in [-0.39, 0.29) is 30.3 Å². The van der Waals surface area contributed by atoms with Crippen molar-refractivity contribution in [2.45, 2.75) is 31.2 Å². The summed E-state index contributed by atoms with van der Waals surface area (Å²) < 4.78 is 0. The first kappa shape index (κ1) is 18.5. The number of likely N-dealkylation sites (tertiary alicyclic amines) is 1. The first-order valence-corrected chi connectivity index (χ1v) is 9.28. The number of carbonyl (C=O) groups excluding carboxylic acids is 1. The molecule has 1 aromatic rings. The number of hydrogen-bond donors (Lipinski definition) is 1. The van der Waals surface area contributed by atoms with E-state index < -0.39 is 5.97 Å². The van der Waals surface area contributed by atoms with Gasteiger partial charge in [0.15, 0.2) is 0 Å². The molecule has 1 heterocycles. The van der Waals surface area contributed by atoms with Crippen LogP contribution in [0.15, 0.2) is 18.2 Å². The van der Waals surface area contributed by atoms with Gasteiger partial charge in [-0.05, 0) is 43.9 Å².